The van der Waals surface area contributed by atoms with Gasteiger partial charge in [0.2, 0.25) is 0 Å². The molecule has 0 bridgehead atoms. The molecule has 1 atom stereocenters. The van der Waals surface area contributed by atoms with Gasteiger partial charge in [0.25, 0.3) is 5.91 Å². The number of amides is 1. The molecule has 1 aromatic rings. The second-order valence-electron chi connectivity index (χ2n) is 4.84. The molecule has 1 amide bonds. The highest BCUT2D eigenvalue weighted by molar-refractivity contribution is 5.94. The van der Waals surface area contributed by atoms with Crippen molar-refractivity contribution in [3.63, 3.8) is 0 Å². The van der Waals surface area contributed by atoms with Crippen molar-refractivity contribution in [3.05, 3.63) is 29.6 Å². The Kier molecular flexibility index (Phi) is 6.04. The fourth-order valence-corrected chi connectivity index (χ4v) is 1.41. The van der Waals surface area contributed by atoms with Crippen LogP contribution in [0.3, 0.4) is 0 Å². The minimum absolute atomic E-state index is 0.186. The van der Waals surface area contributed by atoms with E-state index in [0.717, 1.165) is 0 Å². The van der Waals surface area contributed by atoms with E-state index in [4.69, 9.17) is 5.73 Å². The Hall–Kier alpha value is -1.86. The zero-order chi connectivity index (χ0) is 14.3. The van der Waals surface area contributed by atoms with E-state index in [1.54, 1.807) is 18.3 Å². The molecule has 0 aliphatic carbocycles. The van der Waals surface area contributed by atoms with E-state index >= 15 is 0 Å². The predicted octanol–water partition coefficient (Wildman–Crippen LogP) is 1.41. The normalized spacial score (nSPS) is 11.6. The molecular weight excluding hydrogens is 238 g/mol. The van der Waals surface area contributed by atoms with Crippen LogP contribution in [0.1, 0.15) is 36.8 Å². The van der Waals surface area contributed by atoms with Crippen LogP contribution in [0.25, 0.3) is 0 Å². The number of hydrogen-bond acceptors (Lipinski definition) is 3. The van der Waals surface area contributed by atoms with Crippen molar-refractivity contribution in [2.75, 3.05) is 13.1 Å². The van der Waals surface area contributed by atoms with Gasteiger partial charge in [0.1, 0.15) is 5.69 Å². The molecule has 1 unspecified atom stereocenters. The van der Waals surface area contributed by atoms with Crippen LogP contribution >= 0.6 is 0 Å². The Morgan fingerprint density at radius 3 is 2.84 bits per heavy atom. The standard InChI is InChI=1S/C15H21N3O/c1-11(2)12(3)10-18-15(19)14-13(6-4-8-16)7-5-9-17-14/h5,7,9,11-12H,8,10,16H2,1-3H3,(H,18,19). The molecule has 0 aliphatic heterocycles. The average molecular weight is 259 g/mol. The molecule has 1 heterocycles. The lowest BCUT2D eigenvalue weighted by Gasteiger charge is -2.16. The first-order chi connectivity index (χ1) is 9.06. The largest absolute Gasteiger partial charge is 0.350 e. The molecule has 4 heteroatoms. The first kappa shape index (κ1) is 15.2. The number of hydrogen-bond donors (Lipinski definition) is 2. The molecule has 0 saturated heterocycles. The van der Waals surface area contributed by atoms with Gasteiger partial charge in [-0.15, -0.1) is 0 Å². The highest BCUT2D eigenvalue weighted by atomic mass is 16.1. The summed E-state index contributed by atoms with van der Waals surface area (Å²) in [5.41, 5.74) is 6.31. The third kappa shape index (κ3) is 4.72. The highest BCUT2D eigenvalue weighted by Gasteiger charge is 2.13. The third-order valence-corrected chi connectivity index (χ3v) is 3.07. The number of nitrogens with one attached hydrogen (secondary N) is 1. The molecule has 0 aliphatic rings. The summed E-state index contributed by atoms with van der Waals surface area (Å²) in [5.74, 6) is 6.37. The van der Waals surface area contributed by atoms with Gasteiger partial charge in [-0.1, -0.05) is 32.6 Å². The van der Waals surface area contributed by atoms with Crippen molar-refractivity contribution in [1.82, 2.24) is 10.3 Å². The van der Waals surface area contributed by atoms with Crippen LogP contribution < -0.4 is 11.1 Å². The van der Waals surface area contributed by atoms with E-state index in [-0.39, 0.29) is 12.5 Å². The number of carbonyl (C=O) groups excluding carboxylic acids is 1. The zero-order valence-corrected chi connectivity index (χ0v) is 11.7. The Morgan fingerprint density at radius 2 is 2.21 bits per heavy atom. The van der Waals surface area contributed by atoms with Crippen LogP contribution in [0.4, 0.5) is 0 Å². The molecule has 0 radical (unpaired) electrons. The predicted molar refractivity (Wildman–Crippen MR) is 76.5 cm³/mol. The minimum Gasteiger partial charge on any atom is -0.350 e. The third-order valence-electron chi connectivity index (χ3n) is 3.07. The first-order valence-corrected chi connectivity index (χ1v) is 6.48. The molecule has 0 fully saturated rings. The van der Waals surface area contributed by atoms with Crippen LogP contribution in [0, 0.1) is 23.7 Å². The molecule has 3 N–H and O–H groups in total. The van der Waals surface area contributed by atoms with Crippen molar-refractivity contribution < 1.29 is 4.79 Å². The second kappa shape index (κ2) is 7.55. The van der Waals surface area contributed by atoms with Gasteiger partial charge >= 0.3 is 0 Å². The quantitative estimate of drug-likeness (QED) is 0.803. The van der Waals surface area contributed by atoms with Crippen LogP contribution in [0.5, 0.6) is 0 Å². The Morgan fingerprint density at radius 1 is 1.47 bits per heavy atom. The Bertz CT molecular complexity index is 486. The number of rotatable bonds is 4. The van der Waals surface area contributed by atoms with Crippen LogP contribution in [-0.4, -0.2) is 24.0 Å². The van der Waals surface area contributed by atoms with Gasteiger partial charge in [-0.2, -0.15) is 0 Å². The van der Waals surface area contributed by atoms with Gasteiger partial charge in [-0.3, -0.25) is 4.79 Å². The summed E-state index contributed by atoms with van der Waals surface area (Å²) >= 11 is 0. The summed E-state index contributed by atoms with van der Waals surface area (Å²) in [6.07, 6.45) is 1.59. The maximum Gasteiger partial charge on any atom is 0.271 e. The zero-order valence-electron chi connectivity index (χ0n) is 11.7. The van der Waals surface area contributed by atoms with Crippen molar-refractivity contribution >= 4 is 5.91 Å². The smallest absolute Gasteiger partial charge is 0.271 e. The van der Waals surface area contributed by atoms with E-state index < -0.39 is 0 Å². The van der Waals surface area contributed by atoms with E-state index in [1.807, 2.05) is 0 Å². The van der Waals surface area contributed by atoms with Gasteiger partial charge in [0.15, 0.2) is 0 Å². The summed E-state index contributed by atoms with van der Waals surface area (Å²) in [7, 11) is 0. The summed E-state index contributed by atoms with van der Waals surface area (Å²) < 4.78 is 0. The number of aromatic nitrogens is 1. The minimum atomic E-state index is -0.186. The lowest BCUT2D eigenvalue weighted by atomic mass is 9.98. The Labute approximate surface area is 114 Å². The van der Waals surface area contributed by atoms with Crippen molar-refractivity contribution in [3.8, 4) is 11.8 Å². The summed E-state index contributed by atoms with van der Waals surface area (Å²) in [6, 6.07) is 3.53. The van der Waals surface area contributed by atoms with Crippen LogP contribution in [0.2, 0.25) is 0 Å². The molecule has 102 valence electrons. The number of nitrogens with two attached hydrogens (primary N) is 1. The van der Waals surface area contributed by atoms with Crippen molar-refractivity contribution in [1.29, 1.82) is 0 Å². The molecular formula is C15H21N3O. The van der Waals surface area contributed by atoms with E-state index in [1.165, 1.54) is 0 Å². The molecule has 4 nitrogen and oxygen atoms in total. The first-order valence-electron chi connectivity index (χ1n) is 6.48. The summed E-state index contributed by atoms with van der Waals surface area (Å²) in [5, 5.41) is 2.90. The topological polar surface area (TPSA) is 68.0 Å². The van der Waals surface area contributed by atoms with Crippen LogP contribution in [0.15, 0.2) is 18.3 Å². The second-order valence-corrected chi connectivity index (χ2v) is 4.84. The summed E-state index contributed by atoms with van der Waals surface area (Å²) in [6.45, 7) is 7.28. The lowest BCUT2D eigenvalue weighted by Crippen LogP contribution is -2.31. The Balaban J connectivity index is 2.77. The van der Waals surface area contributed by atoms with Gasteiger partial charge in [0.05, 0.1) is 12.1 Å². The average Bonchev–Trinajstić information content (AvgIpc) is 2.42. The van der Waals surface area contributed by atoms with Crippen LogP contribution in [-0.2, 0) is 0 Å². The highest BCUT2D eigenvalue weighted by Crippen LogP contribution is 2.09. The molecule has 0 aromatic carbocycles. The van der Waals surface area contributed by atoms with Crippen molar-refractivity contribution in [2.45, 2.75) is 20.8 Å². The summed E-state index contributed by atoms with van der Waals surface area (Å²) in [4.78, 5) is 16.2. The fraction of sp³-hybridized carbons (Fsp3) is 0.467. The SMILES string of the molecule is CC(C)C(C)CNC(=O)c1ncccc1C#CCN. The number of carbonyl (C=O) groups is 1. The maximum atomic E-state index is 12.1. The number of nitrogens with zero attached hydrogens (tertiary/aromatic N) is 1. The van der Waals surface area contributed by atoms with E-state index in [2.05, 4.69) is 42.9 Å². The van der Waals surface area contributed by atoms with Gasteiger partial charge in [0, 0.05) is 12.7 Å². The molecule has 0 spiro atoms. The van der Waals surface area contributed by atoms with Gasteiger partial charge < -0.3 is 11.1 Å². The molecule has 0 saturated carbocycles. The molecule has 19 heavy (non-hydrogen) atoms. The maximum absolute atomic E-state index is 12.1. The van der Waals surface area contributed by atoms with Crippen molar-refractivity contribution in [2.24, 2.45) is 17.6 Å². The monoisotopic (exact) mass is 259 g/mol. The fourth-order valence-electron chi connectivity index (χ4n) is 1.41. The lowest BCUT2D eigenvalue weighted by molar-refractivity contribution is 0.0939. The number of pyridine rings is 1. The van der Waals surface area contributed by atoms with Gasteiger partial charge in [-0.05, 0) is 24.0 Å². The van der Waals surface area contributed by atoms with E-state index in [9.17, 15) is 4.79 Å². The van der Waals surface area contributed by atoms with Gasteiger partial charge in [-0.25, -0.2) is 4.98 Å². The van der Waals surface area contributed by atoms with E-state index in [0.29, 0.717) is 29.6 Å². The molecule has 1 aromatic heterocycles. The molecule has 1 rings (SSSR count).